The van der Waals surface area contributed by atoms with Crippen LogP contribution in [0.2, 0.25) is 0 Å². The molecule has 0 atom stereocenters. The largest absolute Gasteiger partial charge is 0.492 e. The van der Waals surface area contributed by atoms with Gasteiger partial charge in [-0.25, -0.2) is 8.42 Å². The highest BCUT2D eigenvalue weighted by Gasteiger charge is 2.20. The van der Waals surface area contributed by atoms with Crippen LogP contribution in [0.4, 0.5) is 11.4 Å². The zero-order valence-corrected chi connectivity index (χ0v) is 20.9. The highest BCUT2D eigenvalue weighted by atomic mass is 79.9. The van der Waals surface area contributed by atoms with Gasteiger partial charge >= 0.3 is 0 Å². The van der Waals surface area contributed by atoms with Gasteiger partial charge in [-0.2, -0.15) is 0 Å². The number of amides is 1. The van der Waals surface area contributed by atoms with Crippen molar-refractivity contribution in [2.24, 2.45) is 0 Å². The molecule has 0 saturated carbocycles. The van der Waals surface area contributed by atoms with Gasteiger partial charge < -0.3 is 14.8 Å². The molecule has 7 nitrogen and oxygen atoms in total. The fourth-order valence-electron chi connectivity index (χ4n) is 3.00. The number of hydrogen-bond donors (Lipinski definition) is 2. The Balaban J connectivity index is 1.97. The van der Waals surface area contributed by atoms with Crippen LogP contribution in [-0.4, -0.2) is 27.5 Å². The predicted octanol–water partition coefficient (Wildman–Crippen LogP) is 5.61. The third kappa shape index (κ3) is 6.27. The summed E-state index contributed by atoms with van der Waals surface area (Å²) in [5, 5.41) is 2.82. The van der Waals surface area contributed by atoms with Crippen molar-refractivity contribution < 1.29 is 22.7 Å². The van der Waals surface area contributed by atoms with Crippen molar-refractivity contribution in [3.05, 3.63) is 76.3 Å². The fourth-order valence-corrected chi connectivity index (χ4v) is 4.33. The van der Waals surface area contributed by atoms with Gasteiger partial charge in [0.05, 0.1) is 29.5 Å². The van der Waals surface area contributed by atoms with Crippen LogP contribution < -0.4 is 19.5 Å². The Kier molecular flexibility index (Phi) is 7.99. The van der Waals surface area contributed by atoms with Crippen LogP contribution in [-0.2, 0) is 10.0 Å². The molecule has 0 aliphatic rings. The van der Waals surface area contributed by atoms with Gasteiger partial charge in [0, 0.05) is 22.2 Å². The lowest BCUT2D eigenvalue weighted by atomic mass is 10.2. The lowest BCUT2D eigenvalue weighted by molar-refractivity contribution is 0.102. The van der Waals surface area contributed by atoms with Crippen LogP contribution in [0.5, 0.6) is 11.5 Å². The molecule has 33 heavy (non-hydrogen) atoms. The fraction of sp³-hybridized carbons (Fsp3) is 0.208. The van der Waals surface area contributed by atoms with Gasteiger partial charge in [0.15, 0.2) is 0 Å². The molecule has 0 aliphatic carbocycles. The molecule has 0 heterocycles. The first kappa shape index (κ1) is 24.6. The third-order valence-corrected chi connectivity index (χ3v) is 6.52. The number of carbonyl (C=O) groups excluding carboxylic acids is 1. The Bertz CT molecular complexity index is 1230. The second-order valence-corrected chi connectivity index (χ2v) is 9.69. The minimum Gasteiger partial charge on any atom is -0.492 e. The maximum absolute atomic E-state index is 12.9. The molecule has 0 unspecified atom stereocenters. The molecule has 0 bridgehead atoms. The Morgan fingerprint density at radius 2 is 1.42 bits per heavy atom. The van der Waals surface area contributed by atoms with Gasteiger partial charge in [0.25, 0.3) is 15.9 Å². The van der Waals surface area contributed by atoms with E-state index in [9.17, 15) is 13.2 Å². The first-order valence-corrected chi connectivity index (χ1v) is 12.6. The lowest BCUT2D eigenvalue weighted by Crippen LogP contribution is -2.16. The average molecular weight is 533 g/mol. The Morgan fingerprint density at radius 1 is 0.879 bits per heavy atom. The molecule has 2 N–H and O–H groups in total. The van der Waals surface area contributed by atoms with E-state index in [1.54, 1.807) is 56.3 Å². The predicted molar refractivity (Wildman–Crippen MR) is 133 cm³/mol. The van der Waals surface area contributed by atoms with Crippen molar-refractivity contribution in [2.45, 2.75) is 25.7 Å². The van der Waals surface area contributed by atoms with Gasteiger partial charge in [0.2, 0.25) is 0 Å². The number of benzene rings is 3. The summed E-state index contributed by atoms with van der Waals surface area (Å²) in [4.78, 5) is 12.9. The highest BCUT2D eigenvalue weighted by molar-refractivity contribution is 9.10. The zero-order valence-electron chi connectivity index (χ0n) is 18.5. The SMILES string of the molecule is CCOc1cc(NS(=O)(=O)c2ccc(C)cc2)c(OCC)cc1NC(=O)c1ccc(Br)cc1. The second-order valence-electron chi connectivity index (χ2n) is 7.09. The summed E-state index contributed by atoms with van der Waals surface area (Å²) in [6.07, 6.45) is 0. The first-order valence-electron chi connectivity index (χ1n) is 10.3. The topological polar surface area (TPSA) is 93.7 Å². The molecular weight excluding hydrogens is 508 g/mol. The number of sulfonamides is 1. The van der Waals surface area contributed by atoms with Crippen LogP contribution >= 0.6 is 15.9 Å². The standard InChI is InChI=1S/C24H25BrN2O5S/c1-4-31-22-15-21(27-33(29,30)19-12-6-16(3)7-13-19)23(32-5-2)14-20(22)26-24(28)17-8-10-18(25)11-9-17/h6-15,27H,4-5H2,1-3H3,(H,26,28). The highest BCUT2D eigenvalue weighted by Crippen LogP contribution is 2.38. The summed E-state index contributed by atoms with van der Waals surface area (Å²) < 4.78 is 40.7. The van der Waals surface area contributed by atoms with Gasteiger partial charge in [-0.05, 0) is 57.2 Å². The second kappa shape index (κ2) is 10.7. The molecule has 0 fully saturated rings. The summed E-state index contributed by atoms with van der Waals surface area (Å²) in [5.74, 6) is 0.245. The van der Waals surface area contributed by atoms with Crippen molar-refractivity contribution in [1.29, 1.82) is 0 Å². The number of ether oxygens (including phenoxy) is 2. The third-order valence-electron chi connectivity index (χ3n) is 4.61. The van der Waals surface area contributed by atoms with Gasteiger partial charge in [0.1, 0.15) is 11.5 Å². The molecule has 3 aromatic rings. The maximum Gasteiger partial charge on any atom is 0.262 e. The smallest absolute Gasteiger partial charge is 0.262 e. The Hall–Kier alpha value is -3.04. The van der Waals surface area contributed by atoms with Crippen LogP contribution in [0.3, 0.4) is 0 Å². The van der Waals surface area contributed by atoms with Crippen LogP contribution in [0, 0.1) is 6.92 Å². The molecule has 3 rings (SSSR count). The molecule has 0 spiro atoms. The number of carbonyl (C=O) groups is 1. The number of hydrogen-bond acceptors (Lipinski definition) is 5. The molecular formula is C24H25BrN2O5S. The minimum absolute atomic E-state index is 0.126. The molecule has 0 aliphatic heterocycles. The van der Waals surface area contributed by atoms with Crippen molar-refractivity contribution in [3.8, 4) is 11.5 Å². The Labute approximate surface area is 202 Å². The molecule has 0 aromatic heterocycles. The van der Waals surface area contributed by atoms with Crippen molar-refractivity contribution in [3.63, 3.8) is 0 Å². The monoisotopic (exact) mass is 532 g/mol. The van der Waals surface area contributed by atoms with Crippen LogP contribution in [0.1, 0.15) is 29.8 Å². The maximum atomic E-state index is 12.9. The van der Waals surface area contributed by atoms with E-state index in [2.05, 4.69) is 26.0 Å². The van der Waals surface area contributed by atoms with E-state index in [-0.39, 0.29) is 22.2 Å². The van der Waals surface area contributed by atoms with E-state index < -0.39 is 10.0 Å². The first-order chi connectivity index (χ1) is 15.7. The molecule has 3 aromatic carbocycles. The van der Waals surface area contributed by atoms with E-state index in [0.717, 1.165) is 10.0 Å². The van der Waals surface area contributed by atoms with Gasteiger partial charge in [-0.1, -0.05) is 33.6 Å². The summed E-state index contributed by atoms with van der Waals surface area (Å²) in [7, 11) is -3.86. The van der Waals surface area contributed by atoms with Crippen LogP contribution in [0.25, 0.3) is 0 Å². The molecule has 9 heteroatoms. The summed E-state index contributed by atoms with van der Waals surface area (Å²) >= 11 is 3.35. The van der Waals surface area contributed by atoms with Crippen molar-refractivity contribution >= 4 is 43.2 Å². The Morgan fingerprint density at radius 3 is 2.00 bits per heavy atom. The minimum atomic E-state index is -3.86. The average Bonchev–Trinajstić information content (AvgIpc) is 2.77. The summed E-state index contributed by atoms with van der Waals surface area (Å²) in [6, 6.07) is 16.5. The number of halogens is 1. The van der Waals surface area contributed by atoms with Crippen molar-refractivity contribution in [2.75, 3.05) is 23.3 Å². The number of nitrogens with one attached hydrogen (secondary N) is 2. The number of aryl methyl sites for hydroxylation is 1. The van der Waals surface area contributed by atoms with Gasteiger partial charge in [-0.3, -0.25) is 9.52 Å². The molecule has 1 amide bonds. The van der Waals surface area contributed by atoms with E-state index in [0.29, 0.717) is 30.2 Å². The molecule has 0 radical (unpaired) electrons. The number of anilines is 2. The normalized spacial score (nSPS) is 11.0. The van der Waals surface area contributed by atoms with Crippen LogP contribution in [0.15, 0.2) is 70.0 Å². The number of rotatable bonds is 9. The summed E-state index contributed by atoms with van der Waals surface area (Å²) in [5.41, 5.74) is 1.99. The molecule has 0 saturated heterocycles. The van der Waals surface area contributed by atoms with E-state index in [1.807, 2.05) is 6.92 Å². The van der Waals surface area contributed by atoms with Gasteiger partial charge in [-0.15, -0.1) is 0 Å². The van der Waals surface area contributed by atoms with E-state index in [1.165, 1.54) is 18.2 Å². The van der Waals surface area contributed by atoms with E-state index >= 15 is 0 Å². The molecule has 174 valence electrons. The lowest BCUT2D eigenvalue weighted by Gasteiger charge is -2.18. The zero-order chi connectivity index (χ0) is 24.0. The van der Waals surface area contributed by atoms with E-state index in [4.69, 9.17) is 9.47 Å². The quantitative estimate of drug-likeness (QED) is 0.373. The van der Waals surface area contributed by atoms with Crippen molar-refractivity contribution in [1.82, 2.24) is 0 Å². The summed E-state index contributed by atoms with van der Waals surface area (Å²) in [6.45, 7) is 6.08.